The number of aryl methyl sites for hydroxylation is 1. The molecule has 1 aromatic heterocycles. The van der Waals surface area contributed by atoms with Gasteiger partial charge in [-0.2, -0.15) is 0 Å². The van der Waals surface area contributed by atoms with E-state index in [0.29, 0.717) is 40.8 Å². The molecule has 7 heteroatoms. The molecule has 3 rings (SSSR count). The molecule has 0 aliphatic carbocycles. The summed E-state index contributed by atoms with van der Waals surface area (Å²) in [7, 11) is 1.77. The van der Waals surface area contributed by atoms with Gasteiger partial charge in [0.2, 0.25) is 0 Å². The van der Waals surface area contributed by atoms with Crippen molar-refractivity contribution < 1.29 is 14.7 Å². The molecule has 2 aromatic carbocycles. The van der Waals surface area contributed by atoms with E-state index in [1.807, 2.05) is 36.4 Å². The third-order valence-electron chi connectivity index (χ3n) is 4.42. The van der Waals surface area contributed by atoms with Crippen molar-refractivity contribution >= 4 is 18.4 Å². The average molecular weight is 404 g/mol. The molecule has 0 saturated heterocycles. The normalized spacial score (nSPS) is 9.93. The minimum absolute atomic E-state index is 0.0252. The molecule has 5 N–H and O–H groups in total. The molecular weight excluding hydrogens is 380 g/mol. The van der Waals surface area contributed by atoms with Crippen LogP contribution in [-0.2, 0) is 6.54 Å². The minimum Gasteiger partial charge on any atom is -0.505 e. The zero-order valence-electron chi connectivity index (χ0n) is 16.8. The van der Waals surface area contributed by atoms with Gasteiger partial charge in [-0.25, -0.2) is 0 Å². The van der Waals surface area contributed by atoms with E-state index < -0.39 is 0 Å². The maximum Gasteiger partial charge on any atom is 0.154 e. The Morgan fingerprint density at radius 2 is 1.63 bits per heavy atom. The molecule has 0 saturated carbocycles. The SMILES string of the molecule is CNCc1cnc(C)c(O)c1C=O.N=C(N)c1ccc(-c2ccc(C=O)cc2)cc1. The van der Waals surface area contributed by atoms with Crippen LogP contribution in [0.5, 0.6) is 5.75 Å². The van der Waals surface area contributed by atoms with Gasteiger partial charge >= 0.3 is 0 Å². The molecule has 0 atom stereocenters. The number of carbonyl (C=O) groups excluding carboxylic acids is 2. The molecule has 0 spiro atoms. The van der Waals surface area contributed by atoms with Crippen molar-refractivity contribution in [1.82, 2.24) is 10.3 Å². The first-order valence-electron chi connectivity index (χ1n) is 9.18. The number of aromatic nitrogens is 1. The number of aldehydes is 2. The van der Waals surface area contributed by atoms with Crippen LogP contribution in [0.3, 0.4) is 0 Å². The number of rotatable bonds is 6. The molecule has 7 nitrogen and oxygen atoms in total. The fourth-order valence-electron chi connectivity index (χ4n) is 2.71. The van der Waals surface area contributed by atoms with Crippen LogP contribution in [0.4, 0.5) is 0 Å². The summed E-state index contributed by atoms with van der Waals surface area (Å²) in [5, 5.41) is 19.7. The summed E-state index contributed by atoms with van der Waals surface area (Å²) in [4.78, 5) is 25.2. The number of nitrogens with two attached hydrogens (primary N) is 1. The van der Waals surface area contributed by atoms with Gasteiger partial charge in [0.1, 0.15) is 17.9 Å². The zero-order valence-corrected chi connectivity index (χ0v) is 16.8. The predicted octanol–water partition coefficient (Wildman–Crippen LogP) is 3.08. The van der Waals surface area contributed by atoms with Crippen molar-refractivity contribution in [2.24, 2.45) is 5.73 Å². The summed E-state index contributed by atoms with van der Waals surface area (Å²) in [5.74, 6) is 0.0376. The lowest BCUT2D eigenvalue weighted by Gasteiger charge is -2.06. The fourth-order valence-corrected chi connectivity index (χ4v) is 2.71. The second-order valence-electron chi connectivity index (χ2n) is 6.51. The number of hydrogen-bond donors (Lipinski definition) is 4. The lowest BCUT2D eigenvalue weighted by Crippen LogP contribution is -2.10. The maximum atomic E-state index is 10.7. The second-order valence-corrected chi connectivity index (χ2v) is 6.51. The molecule has 0 aliphatic heterocycles. The number of carbonyl (C=O) groups is 2. The Morgan fingerprint density at radius 3 is 2.10 bits per heavy atom. The number of pyridine rings is 1. The Morgan fingerprint density at radius 1 is 1.07 bits per heavy atom. The average Bonchev–Trinajstić information content (AvgIpc) is 2.77. The Kier molecular flexibility index (Phi) is 7.96. The quantitative estimate of drug-likeness (QED) is 0.284. The highest BCUT2D eigenvalue weighted by atomic mass is 16.3. The molecule has 0 fully saturated rings. The van der Waals surface area contributed by atoms with E-state index >= 15 is 0 Å². The Hall–Kier alpha value is -3.84. The van der Waals surface area contributed by atoms with Crippen LogP contribution in [0.2, 0.25) is 0 Å². The van der Waals surface area contributed by atoms with Gasteiger partial charge in [-0.05, 0) is 30.7 Å². The molecule has 3 aromatic rings. The van der Waals surface area contributed by atoms with Gasteiger partial charge in [-0.3, -0.25) is 20.0 Å². The summed E-state index contributed by atoms with van der Waals surface area (Å²) in [6.07, 6.45) is 3.06. The Labute approximate surface area is 175 Å². The van der Waals surface area contributed by atoms with Gasteiger partial charge in [-0.15, -0.1) is 0 Å². The van der Waals surface area contributed by atoms with Crippen LogP contribution in [0.25, 0.3) is 11.1 Å². The Bertz CT molecular complexity index is 1030. The van der Waals surface area contributed by atoms with Gasteiger partial charge in [0.05, 0.1) is 11.3 Å². The predicted molar refractivity (Wildman–Crippen MR) is 117 cm³/mol. The van der Waals surface area contributed by atoms with Gasteiger partial charge in [0, 0.05) is 23.9 Å². The largest absolute Gasteiger partial charge is 0.505 e. The Balaban J connectivity index is 0.000000222. The molecule has 0 amide bonds. The van der Waals surface area contributed by atoms with Crippen molar-refractivity contribution in [1.29, 1.82) is 5.41 Å². The molecular formula is C23H24N4O3. The molecule has 0 radical (unpaired) electrons. The van der Waals surface area contributed by atoms with Crippen LogP contribution < -0.4 is 11.1 Å². The summed E-state index contributed by atoms with van der Waals surface area (Å²) < 4.78 is 0. The third kappa shape index (κ3) is 5.59. The number of benzene rings is 2. The monoisotopic (exact) mass is 404 g/mol. The van der Waals surface area contributed by atoms with E-state index in [9.17, 15) is 14.7 Å². The molecule has 0 aliphatic rings. The van der Waals surface area contributed by atoms with Crippen molar-refractivity contribution in [2.75, 3.05) is 7.05 Å². The van der Waals surface area contributed by atoms with Crippen LogP contribution in [0.15, 0.2) is 54.7 Å². The van der Waals surface area contributed by atoms with Gasteiger partial charge in [-0.1, -0.05) is 48.5 Å². The summed E-state index contributed by atoms with van der Waals surface area (Å²) in [6, 6.07) is 14.8. The zero-order chi connectivity index (χ0) is 22.1. The van der Waals surface area contributed by atoms with Gasteiger partial charge < -0.3 is 16.2 Å². The molecule has 0 unspecified atom stereocenters. The van der Waals surface area contributed by atoms with Crippen molar-refractivity contribution in [3.05, 3.63) is 82.7 Å². The lowest BCUT2D eigenvalue weighted by atomic mass is 10.0. The number of nitrogens with one attached hydrogen (secondary N) is 2. The van der Waals surface area contributed by atoms with E-state index in [1.165, 1.54) is 0 Å². The first-order chi connectivity index (χ1) is 14.4. The highest BCUT2D eigenvalue weighted by molar-refractivity contribution is 5.95. The first kappa shape index (κ1) is 22.4. The maximum absolute atomic E-state index is 10.7. The van der Waals surface area contributed by atoms with Gasteiger partial charge in [0.15, 0.2) is 6.29 Å². The lowest BCUT2D eigenvalue weighted by molar-refractivity contribution is 0.111. The van der Waals surface area contributed by atoms with Crippen molar-refractivity contribution in [3.63, 3.8) is 0 Å². The minimum atomic E-state index is -0.0252. The number of hydrogen-bond acceptors (Lipinski definition) is 6. The number of nitrogen functional groups attached to an aromatic ring is 1. The third-order valence-corrected chi connectivity index (χ3v) is 4.42. The van der Waals surface area contributed by atoms with E-state index in [2.05, 4.69) is 10.3 Å². The van der Waals surface area contributed by atoms with Crippen LogP contribution in [-0.4, -0.2) is 35.5 Å². The fraction of sp³-hybridized carbons (Fsp3) is 0.130. The highest BCUT2D eigenvalue weighted by Crippen LogP contribution is 2.21. The van der Waals surface area contributed by atoms with E-state index in [-0.39, 0.29) is 11.6 Å². The first-order valence-corrected chi connectivity index (χ1v) is 9.18. The molecule has 154 valence electrons. The van der Waals surface area contributed by atoms with Gasteiger partial charge in [0.25, 0.3) is 0 Å². The topological polar surface area (TPSA) is 129 Å². The number of aromatic hydroxyl groups is 1. The summed E-state index contributed by atoms with van der Waals surface area (Å²) in [5.41, 5.74) is 10.3. The second kappa shape index (κ2) is 10.6. The molecule has 30 heavy (non-hydrogen) atoms. The van der Waals surface area contributed by atoms with Crippen LogP contribution >= 0.6 is 0 Å². The van der Waals surface area contributed by atoms with Crippen molar-refractivity contribution in [2.45, 2.75) is 13.5 Å². The molecule has 1 heterocycles. The summed E-state index contributed by atoms with van der Waals surface area (Å²) >= 11 is 0. The van der Waals surface area contributed by atoms with E-state index in [1.54, 1.807) is 32.3 Å². The standard InChI is InChI=1S/C14H12N2O.C9H12N2O2/c15-14(16)13-7-5-12(6-8-13)11-3-1-10(9-17)2-4-11;1-6-9(13)8(5-12)7(3-10-2)4-11-6/h1-9H,(H3,15,16);4-5,10,13H,3H2,1-2H3. The van der Waals surface area contributed by atoms with E-state index in [4.69, 9.17) is 11.1 Å². The number of nitrogens with zero attached hydrogens (tertiary/aromatic N) is 1. The van der Waals surface area contributed by atoms with E-state index in [0.717, 1.165) is 17.4 Å². The molecule has 0 bridgehead atoms. The highest BCUT2D eigenvalue weighted by Gasteiger charge is 2.09. The van der Waals surface area contributed by atoms with Crippen molar-refractivity contribution in [3.8, 4) is 16.9 Å². The summed E-state index contributed by atoms with van der Waals surface area (Å²) in [6.45, 7) is 2.18. The number of amidine groups is 1. The smallest absolute Gasteiger partial charge is 0.154 e. The van der Waals surface area contributed by atoms with Crippen LogP contribution in [0.1, 0.15) is 37.5 Å². The van der Waals surface area contributed by atoms with Crippen LogP contribution in [0, 0.1) is 12.3 Å².